The van der Waals surface area contributed by atoms with E-state index in [1.165, 1.54) is 11.1 Å². The molecule has 0 saturated heterocycles. The maximum atomic E-state index is 9.23. The van der Waals surface area contributed by atoms with Gasteiger partial charge in [0.1, 0.15) is 0 Å². The second-order valence-corrected chi connectivity index (χ2v) is 8.86. The van der Waals surface area contributed by atoms with E-state index in [2.05, 4.69) is 75.3 Å². The molecular formula is C27H30N6O. The van der Waals surface area contributed by atoms with Gasteiger partial charge in [0, 0.05) is 25.9 Å². The summed E-state index contributed by atoms with van der Waals surface area (Å²) in [7, 11) is 2.00. The van der Waals surface area contributed by atoms with E-state index < -0.39 is 0 Å². The molecular weight excluding hydrogens is 424 g/mol. The minimum Gasteiger partial charge on any atom is -0.396 e. The van der Waals surface area contributed by atoms with E-state index in [4.69, 9.17) is 5.73 Å². The number of hydrogen-bond donors (Lipinski definition) is 3. The van der Waals surface area contributed by atoms with Crippen LogP contribution >= 0.6 is 0 Å². The van der Waals surface area contributed by atoms with E-state index in [-0.39, 0.29) is 6.61 Å². The van der Waals surface area contributed by atoms with Crippen LogP contribution in [0, 0.1) is 6.92 Å². The molecule has 2 heterocycles. The number of imidazole rings is 2. The Balaban J connectivity index is 1.43. The van der Waals surface area contributed by atoms with E-state index in [0.29, 0.717) is 19.0 Å². The van der Waals surface area contributed by atoms with E-state index in [1.807, 2.05) is 24.0 Å². The van der Waals surface area contributed by atoms with Gasteiger partial charge in [0.25, 0.3) is 0 Å². The topological polar surface area (TPSA) is 93.9 Å². The highest BCUT2D eigenvalue weighted by atomic mass is 16.2. The van der Waals surface area contributed by atoms with Gasteiger partial charge in [-0.1, -0.05) is 30.3 Å². The molecule has 7 heteroatoms. The molecule has 4 N–H and O–H groups in total. The van der Waals surface area contributed by atoms with Crippen LogP contribution in [-0.2, 0) is 26.6 Å². The summed E-state index contributed by atoms with van der Waals surface area (Å²) < 4.78 is 4.08. The number of aromatic nitrogens is 4. The Morgan fingerprint density at radius 1 is 1.03 bits per heavy atom. The van der Waals surface area contributed by atoms with Crippen molar-refractivity contribution in [1.29, 1.82) is 0 Å². The lowest BCUT2D eigenvalue weighted by Gasteiger charge is -2.14. The lowest BCUT2D eigenvalue weighted by molar-refractivity contribution is 0.288. The van der Waals surface area contributed by atoms with E-state index >= 15 is 0 Å². The van der Waals surface area contributed by atoms with Gasteiger partial charge in [0.2, 0.25) is 5.95 Å². The first kappa shape index (κ1) is 22.0. The van der Waals surface area contributed by atoms with Crippen molar-refractivity contribution in [3.05, 3.63) is 83.2 Å². The van der Waals surface area contributed by atoms with Crippen LogP contribution in [0.3, 0.4) is 0 Å². The molecule has 0 unspecified atom stereocenters. The number of benzene rings is 3. The van der Waals surface area contributed by atoms with Gasteiger partial charge in [-0.15, -0.1) is 0 Å². The average molecular weight is 455 g/mol. The molecule has 0 amide bonds. The van der Waals surface area contributed by atoms with Gasteiger partial charge in [0.05, 0.1) is 34.9 Å². The predicted octanol–water partition coefficient (Wildman–Crippen LogP) is 4.40. The van der Waals surface area contributed by atoms with Crippen LogP contribution in [-0.4, -0.2) is 30.8 Å². The summed E-state index contributed by atoms with van der Waals surface area (Å²) in [6.45, 7) is 3.58. The normalized spacial score (nSPS) is 11.5. The number of rotatable bonds is 8. The Bertz CT molecular complexity index is 1470. The molecule has 0 spiro atoms. The van der Waals surface area contributed by atoms with Crippen LogP contribution in [0.5, 0.6) is 0 Å². The van der Waals surface area contributed by atoms with E-state index in [1.54, 1.807) is 0 Å². The quantitative estimate of drug-likeness (QED) is 0.323. The van der Waals surface area contributed by atoms with Crippen molar-refractivity contribution >= 4 is 33.7 Å². The van der Waals surface area contributed by atoms with Crippen molar-refractivity contribution in [3.8, 4) is 0 Å². The predicted molar refractivity (Wildman–Crippen MR) is 138 cm³/mol. The van der Waals surface area contributed by atoms with Gasteiger partial charge in [0.15, 0.2) is 0 Å². The number of para-hydroxylation sites is 1. The van der Waals surface area contributed by atoms with Crippen molar-refractivity contribution < 1.29 is 5.11 Å². The Labute approximate surface area is 198 Å². The molecule has 174 valence electrons. The first-order chi connectivity index (χ1) is 16.5. The molecule has 0 saturated carbocycles. The molecule has 5 rings (SSSR count). The number of anilines is 2. The van der Waals surface area contributed by atoms with Gasteiger partial charge in [-0.05, 0) is 66.3 Å². The van der Waals surface area contributed by atoms with Gasteiger partial charge in [-0.3, -0.25) is 0 Å². The van der Waals surface area contributed by atoms with Crippen molar-refractivity contribution in [2.75, 3.05) is 17.7 Å². The minimum atomic E-state index is 0.196. The molecule has 0 aliphatic carbocycles. The standard InChI is InChI=1S/C27H30N6O/c1-18-8-10-20(6-4-12-34)23(13-18)29-15-19-9-11-22-25(14-19)33(27(28)31-22)16-21-5-3-7-24-26(21)30-17-32(24)2/h3,5,7-11,13-14,17,29,34H,4,6,12,15-16H2,1-2H3,(H2,28,31). The number of aliphatic hydroxyl groups is 1. The molecule has 0 atom stereocenters. The summed E-state index contributed by atoms with van der Waals surface area (Å²) in [5, 5.41) is 12.8. The summed E-state index contributed by atoms with van der Waals surface area (Å²) in [6.07, 6.45) is 3.44. The van der Waals surface area contributed by atoms with E-state index in [0.717, 1.165) is 51.7 Å². The van der Waals surface area contributed by atoms with E-state index in [9.17, 15) is 5.11 Å². The first-order valence-electron chi connectivity index (χ1n) is 11.6. The summed E-state index contributed by atoms with van der Waals surface area (Å²) in [4.78, 5) is 9.17. The first-order valence-corrected chi connectivity index (χ1v) is 11.6. The molecule has 7 nitrogen and oxygen atoms in total. The van der Waals surface area contributed by atoms with Gasteiger partial charge < -0.3 is 25.3 Å². The number of aliphatic hydroxyl groups excluding tert-OH is 1. The third-order valence-electron chi connectivity index (χ3n) is 6.36. The highest BCUT2D eigenvalue weighted by Gasteiger charge is 2.13. The number of fused-ring (bicyclic) bond motifs is 2. The number of nitrogen functional groups attached to an aromatic ring is 1. The molecule has 0 radical (unpaired) electrons. The third-order valence-corrected chi connectivity index (χ3v) is 6.36. The van der Waals surface area contributed by atoms with Crippen LogP contribution in [0.4, 0.5) is 11.6 Å². The number of nitrogens with one attached hydrogen (secondary N) is 1. The number of nitrogens with zero attached hydrogens (tertiary/aromatic N) is 4. The summed E-state index contributed by atoms with van der Waals surface area (Å²) in [6, 6.07) is 18.9. The van der Waals surface area contributed by atoms with Crippen molar-refractivity contribution in [1.82, 2.24) is 19.1 Å². The highest BCUT2D eigenvalue weighted by molar-refractivity contribution is 5.81. The maximum Gasteiger partial charge on any atom is 0.201 e. The fourth-order valence-corrected chi connectivity index (χ4v) is 4.52. The number of hydrogen-bond acceptors (Lipinski definition) is 5. The number of aryl methyl sites for hydroxylation is 3. The fourth-order valence-electron chi connectivity index (χ4n) is 4.52. The Hall–Kier alpha value is -3.84. The fraction of sp³-hybridized carbons (Fsp3) is 0.259. The zero-order valence-electron chi connectivity index (χ0n) is 19.6. The maximum absolute atomic E-state index is 9.23. The lowest BCUT2D eigenvalue weighted by Crippen LogP contribution is -2.06. The zero-order chi connectivity index (χ0) is 23.7. The van der Waals surface area contributed by atoms with Gasteiger partial charge >= 0.3 is 0 Å². The molecule has 0 aliphatic heterocycles. The highest BCUT2D eigenvalue weighted by Crippen LogP contribution is 2.25. The Morgan fingerprint density at radius 3 is 2.76 bits per heavy atom. The van der Waals surface area contributed by atoms with Crippen molar-refractivity contribution in [2.24, 2.45) is 7.05 Å². The second-order valence-electron chi connectivity index (χ2n) is 8.86. The van der Waals surface area contributed by atoms with Crippen LogP contribution in [0.15, 0.2) is 60.9 Å². The molecule has 5 aromatic rings. The Morgan fingerprint density at radius 2 is 1.91 bits per heavy atom. The third kappa shape index (κ3) is 4.22. The SMILES string of the molecule is Cc1ccc(CCCO)c(NCc2ccc3nc(N)n(Cc4cccc5c4ncn5C)c3c2)c1. The molecule has 0 aliphatic rings. The smallest absolute Gasteiger partial charge is 0.201 e. The molecule has 0 fully saturated rings. The van der Waals surface area contributed by atoms with Crippen molar-refractivity contribution in [3.63, 3.8) is 0 Å². The second kappa shape index (κ2) is 9.19. The molecule has 3 aromatic carbocycles. The minimum absolute atomic E-state index is 0.196. The molecule has 2 aromatic heterocycles. The monoisotopic (exact) mass is 454 g/mol. The average Bonchev–Trinajstić information content (AvgIpc) is 3.37. The van der Waals surface area contributed by atoms with Crippen LogP contribution in [0.2, 0.25) is 0 Å². The summed E-state index contributed by atoms with van der Waals surface area (Å²) >= 11 is 0. The summed E-state index contributed by atoms with van der Waals surface area (Å²) in [5.74, 6) is 0.498. The molecule has 34 heavy (non-hydrogen) atoms. The summed E-state index contributed by atoms with van der Waals surface area (Å²) in [5.41, 5.74) is 16.1. The Kier molecular flexibility index (Phi) is 5.94. The van der Waals surface area contributed by atoms with Crippen LogP contribution in [0.25, 0.3) is 22.1 Å². The van der Waals surface area contributed by atoms with Crippen LogP contribution < -0.4 is 11.1 Å². The molecule has 0 bridgehead atoms. The lowest BCUT2D eigenvalue weighted by atomic mass is 10.0. The zero-order valence-corrected chi connectivity index (χ0v) is 19.6. The largest absolute Gasteiger partial charge is 0.396 e. The van der Waals surface area contributed by atoms with Crippen LogP contribution in [0.1, 0.15) is 28.7 Å². The number of nitrogens with two attached hydrogens (primary N) is 1. The van der Waals surface area contributed by atoms with Gasteiger partial charge in [-0.25, -0.2) is 9.97 Å². The van der Waals surface area contributed by atoms with Crippen molar-refractivity contribution in [2.45, 2.75) is 32.9 Å². The van der Waals surface area contributed by atoms with Gasteiger partial charge in [-0.2, -0.15) is 0 Å².